The lowest BCUT2D eigenvalue weighted by Crippen LogP contribution is -2.29. The van der Waals surface area contributed by atoms with Gasteiger partial charge >= 0.3 is 5.97 Å². The van der Waals surface area contributed by atoms with Gasteiger partial charge in [-0.1, -0.05) is 6.92 Å². The van der Waals surface area contributed by atoms with Crippen molar-refractivity contribution in [1.29, 1.82) is 0 Å². The van der Waals surface area contributed by atoms with Gasteiger partial charge in [0.05, 0.1) is 0 Å². The van der Waals surface area contributed by atoms with Crippen LogP contribution < -0.4 is 0 Å². The number of hydrogen-bond donors (Lipinski definition) is 0. The van der Waals surface area contributed by atoms with Crippen molar-refractivity contribution in [3.8, 4) is 0 Å². The first-order chi connectivity index (χ1) is 10.9. The molecule has 0 radical (unpaired) electrons. The van der Waals surface area contributed by atoms with Crippen LogP contribution in [0, 0.1) is 11.8 Å². The lowest BCUT2D eigenvalue weighted by Gasteiger charge is -2.32. The molecule has 13 heavy (non-hydrogen) atoms. The molecule has 0 spiro atoms. The van der Waals surface area contributed by atoms with Crippen LogP contribution >= 0.6 is 0 Å². The van der Waals surface area contributed by atoms with Gasteiger partial charge in [-0.3, -0.25) is 4.79 Å². The second kappa shape index (κ2) is 3.69. The van der Waals surface area contributed by atoms with Crippen LogP contribution in [0.3, 0.4) is 0 Å². The van der Waals surface area contributed by atoms with Crippen LogP contribution in [-0.2, 0) is 9.53 Å². The highest BCUT2D eigenvalue weighted by Crippen LogP contribution is 2.35. The van der Waals surface area contributed by atoms with Crippen molar-refractivity contribution in [2.45, 2.75) is 52.6 Å². The summed E-state index contributed by atoms with van der Waals surface area (Å²) in [7, 11) is 0. The average Bonchev–Trinajstić information content (AvgIpc) is 2.54. The third-order valence-corrected chi connectivity index (χ3v) is 2.35. The summed E-state index contributed by atoms with van der Waals surface area (Å²) in [5.41, 5.74) is -0.327. The normalized spacial score (nSPS) is 31.1. The predicted octanol–water partition coefficient (Wildman–Crippen LogP) is 3.99. The molecular weight excluding hydrogens is 164 g/mol. The number of hydrogen-bond acceptors (Lipinski definition) is 2. The van der Waals surface area contributed by atoms with Crippen molar-refractivity contribution in [1.82, 2.24) is 0 Å². The Morgan fingerprint density at radius 2 is 2.08 bits per heavy atom. The van der Waals surface area contributed by atoms with Crippen LogP contribution in [-0.4, -0.2) is 11.6 Å². The monoisotopic (exact) mass is 204 g/mol. The zero-order valence-electron chi connectivity index (χ0n) is 19.1. The third kappa shape index (κ3) is 3.79. The topological polar surface area (TPSA) is 26.3 Å². The molecule has 2 nitrogen and oxygen atoms in total. The molecule has 0 aromatic carbocycles. The molecule has 0 heterocycles. The Kier molecular flexibility index (Phi) is 1.52. The molecule has 0 unspecified atom stereocenters. The molecular formula is C11H30O2. The van der Waals surface area contributed by atoms with Crippen molar-refractivity contribution in [3.05, 3.63) is 0 Å². The quantitative estimate of drug-likeness (QED) is 0.636. The number of esters is 1. The standard InChI is InChI=1S/C11H20O2.5H2/c1-8-5-9(6-8)7-10(12)13-11(2,3)4;;;;;/h8-9H,5-7H2,1-4H3;5*1H/i;5*1+1D. The summed E-state index contributed by atoms with van der Waals surface area (Å²) in [6.45, 7) is 7.96. The molecule has 0 aromatic heterocycles. The SMILES string of the molecule is CC1CC(CC(=O)OC(C)(C)C)C1.[2H][2H].[2H][2H].[2H][2H].[2H][2H].[2H][2H]. The van der Waals surface area contributed by atoms with Gasteiger partial charge in [0.2, 0.25) is 0 Å². The van der Waals surface area contributed by atoms with E-state index < -0.39 is 0 Å². The van der Waals surface area contributed by atoms with Crippen molar-refractivity contribution in [2.75, 3.05) is 0 Å². The first-order valence-electron chi connectivity index (χ1n) is 10.1. The van der Waals surface area contributed by atoms with E-state index in [4.69, 9.17) is 19.6 Å². The molecule has 1 aliphatic carbocycles. The molecule has 2 heteroatoms. The van der Waals surface area contributed by atoms with E-state index in [9.17, 15) is 4.79 Å². The van der Waals surface area contributed by atoms with E-state index in [2.05, 4.69) is 6.92 Å². The van der Waals surface area contributed by atoms with Gasteiger partial charge in [-0.15, -0.1) is 0 Å². The Labute approximate surface area is 96.1 Å². The van der Waals surface area contributed by atoms with Gasteiger partial charge in [-0.05, 0) is 45.4 Å². The Morgan fingerprint density at radius 3 is 2.46 bits per heavy atom. The summed E-state index contributed by atoms with van der Waals surface area (Å²) in [5, 5.41) is 0. The summed E-state index contributed by atoms with van der Waals surface area (Å²) in [6.07, 6.45) is 3.00. The highest BCUT2D eigenvalue weighted by molar-refractivity contribution is 5.70. The summed E-state index contributed by atoms with van der Waals surface area (Å²) in [5.74, 6) is 1.36. The van der Waals surface area contributed by atoms with Gasteiger partial charge in [0.1, 0.15) is 5.60 Å². The second-order valence-corrected chi connectivity index (χ2v) is 5.23. The number of carbonyl (C=O) groups excluding carboxylic acids is 1. The van der Waals surface area contributed by atoms with Gasteiger partial charge in [-0.2, -0.15) is 0 Å². The maximum Gasteiger partial charge on any atom is 0.306 e. The fourth-order valence-corrected chi connectivity index (χ4v) is 1.85. The molecule has 1 aliphatic rings. The lowest BCUT2D eigenvalue weighted by atomic mass is 9.74. The zero-order chi connectivity index (χ0) is 20.1. The molecule has 0 amide bonds. The highest BCUT2D eigenvalue weighted by Gasteiger charge is 2.29. The van der Waals surface area contributed by atoms with Gasteiger partial charge in [0.15, 0.2) is 0 Å². The molecule has 1 rings (SSSR count). The van der Waals surface area contributed by atoms with Crippen LogP contribution in [0.25, 0.3) is 0 Å². The fraction of sp³-hybridized carbons (Fsp3) is 0.909. The molecule has 0 aromatic rings. The summed E-state index contributed by atoms with van der Waals surface area (Å²) >= 11 is 0. The van der Waals surface area contributed by atoms with E-state index in [1.807, 2.05) is 20.8 Å². The van der Waals surface area contributed by atoms with E-state index >= 15 is 0 Å². The predicted molar refractivity (Wildman–Crippen MR) is 62.9 cm³/mol. The first-order valence-corrected chi connectivity index (χ1v) is 5.08. The molecule has 1 saturated carbocycles. The maximum absolute atomic E-state index is 11.3. The number of carbonyl (C=O) groups is 1. The molecule has 0 saturated heterocycles. The van der Waals surface area contributed by atoms with E-state index in [1.165, 1.54) is 12.8 Å². The van der Waals surface area contributed by atoms with Gasteiger partial charge in [-0.25, -0.2) is 0 Å². The minimum atomic E-state index is -0.327. The summed E-state index contributed by atoms with van der Waals surface area (Å²) in [6, 6.07) is 0. The van der Waals surface area contributed by atoms with Crippen molar-refractivity contribution in [3.63, 3.8) is 0 Å². The molecule has 0 atom stereocenters. The number of rotatable bonds is 2. The Hall–Kier alpha value is -0.530. The van der Waals surface area contributed by atoms with Crippen LogP contribution in [0.2, 0.25) is 0 Å². The highest BCUT2D eigenvalue weighted by atomic mass is 16.6. The first kappa shape index (κ1) is 5.38. The van der Waals surface area contributed by atoms with Crippen LogP contribution in [0.1, 0.15) is 61.8 Å². The molecule has 0 N–H and O–H groups in total. The van der Waals surface area contributed by atoms with Gasteiger partial charge in [0.25, 0.3) is 0 Å². The lowest BCUT2D eigenvalue weighted by molar-refractivity contribution is -0.157. The van der Waals surface area contributed by atoms with Crippen molar-refractivity contribution in [2.24, 2.45) is 11.8 Å². The zero-order valence-corrected chi connectivity index (χ0v) is 9.09. The largest absolute Gasteiger partial charge is 0.460 e. The minimum absolute atomic E-state index is 0.0376. The van der Waals surface area contributed by atoms with E-state index in [0.29, 0.717) is 12.3 Å². The number of ether oxygens (including phenoxy) is 1. The van der Waals surface area contributed by atoms with E-state index in [1.54, 1.807) is 0 Å². The van der Waals surface area contributed by atoms with Crippen molar-refractivity contribution >= 4 is 5.97 Å². The molecule has 0 aliphatic heterocycles. The van der Waals surface area contributed by atoms with E-state index in [-0.39, 0.29) is 11.6 Å². The van der Waals surface area contributed by atoms with Crippen molar-refractivity contribution < 1.29 is 24.4 Å². The third-order valence-electron chi connectivity index (χ3n) is 2.35. The Balaban J connectivity index is -0.0000000923. The second-order valence-electron chi connectivity index (χ2n) is 5.23. The molecule has 0 bridgehead atoms. The summed E-state index contributed by atoms with van der Waals surface area (Å²) < 4.78 is 55.2. The summed E-state index contributed by atoms with van der Waals surface area (Å²) in [4.78, 5) is 11.3. The van der Waals surface area contributed by atoms with Crippen LogP contribution in [0.15, 0.2) is 0 Å². The maximum atomic E-state index is 11.3. The fourth-order valence-electron chi connectivity index (χ4n) is 1.85. The van der Waals surface area contributed by atoms with Gasteiger partial charge < -0.3 is 4.74 Å². The molecule has 1 fully saturated rings. The minimum Gasteiger partial charge on any atom is -0.460 e. The van der Waals surface area contributed by atoms with Crippen LogP contribution in [0.4, 0.5) is 0 Å². The smallest absolute Gasteiger partial charge is 0.306 e. The Morgan fingerprint density at radius 1 is 1.54 bits per heavy atom. The van der Waals surface area contributed by atoms with Crippen LogP contribution in [0.5, 0.6) is 0 Å². The average molecular weight is 204 g/mol. The van der Waals surface area contributed by atoms with Gasteiger partial charge in [0, 0.05) is 21.3 Å². The molecule has 86 valence electrons. The van der Waals surface area contributed by atoms with E-state index in [0.717, 1.165) is 5.92 Å². The Bertz CT molecular complexity index is 207.